The van der Waals surface area contributed by atoms with Gasteiger partial charge in [0.25, 0.3) is 0 Å². The van der Waals surface area contributed by atoms with Crippen molar-refractivity contribution >= 4 is 22.6 Å². The first-order chi connectivity index (χ1) is 5.63. The molecule has 1 aromatic rings. The van der Waals surface area contributed by atoms with Crippen molar-refractivity contribution in [1.82, 2.24) is 0 Å². The topological polar surface area (TPSA) is 40.5 Å². The molecule has 0 amide bonds. The van der Waals surface area contributed by atoms with E-state index in [9.17, 15) is 0 Å². The van der Waals surface area contributed by atoms with Gasteiger partial charge < -0.3 is 10.2 Å². The maximum Gasteiger partial charge on any atom is 0.167 e. The summed E-state index contributed by atoms with van der Waals surface area (Å²) in [6, 6.07) is 7.71. The van der Waals surface area contributed by atoms with Gasteiger partial charge in [0.05, 0.1) is 3.92 Å². The fraction of sp³-hybridized carbons (Fsp3) is 0.333. The molecule has 0 radical (unpaired) electrons. The molecule has 0 heterocycles. The Bertz CT molecular complexity index is 260. The van der Waals surface area contributed by atoms with Gasteiger partial charge in [-0.15, -0.1) is 0 Å². The van der Waals surface area contributed by atoms with Gasteiger partial charge in [-0.05, 0) is 18.1 Å². The Morgan fingerprint density at radius 2 is 1.83 bits per heavy atom. The summed E-state index contributed by atoms with van der Waals surface area (Å²) in [5, 5.41) is 17.9. The van der Waals surface area contributed by atoms with Crippen LogP contribution in [0.3, 0.4) is 0 Å². The average molecular weight is 278 g/mol. The van der Waals surface area contributed by atoms with E-state index in [2.05, 4.69) is 0 Å². The maximum absolute atomic E-state index is 8.95. The van der Waals surface area contributed by atoms with Crippen molar-refractivity contribution in [2.24, 2.45) is 0 Å². The SMILES string of the molecule is Cc1ccccc1C(I)C(O)O. The van der Waals surface area contributed by atoms with Crippen molar-refractivity contribution in [3.05, 3.63) is 35.4 Å². The van der Waals surface area contributed by atoms with Gasteiger partial charge in [-0.3, -0.25) is 0 Å². The summed E-state index contributed by atoms with van der Waals surface area (Å²) in [5.74, 6) is 0. The third-order valence-electron chi connectivity index (χ3n) is 1.75. The van der Waals surface area contributed by atoms with Crippen LogP contribution in [0.15, 0.2) is 24.3 Å². The number of hydrogen-bond acceptors (Lipinski definition) is 2. The van der Waals surface area contributed by atoms with Crippen LogP contribution in [0.5, 0.6) is 0 Å². The highest BCUT2D eigenvalue weighted by Crippen LogP contribution is 2.28. The zero-order valence-corrected chi connectivity index (χ0v) is 8.89. The molecule has 1 aromatic carbocycles. The van der Waals surface area contributed by atoms with Crippen LogP contribution in [-0.4, -0.2) is 16.5 Å². The van der Waals surface area contributed by atoms with Crippen molar-refractivity contribution in [1.29, 1.82) is 0 Å². The van der Waals surface area contributed by atoms with Crippen molar-refractivity contribution in [2.45, 2.75) is 17.1 Å². The van der Waals surface area contributed by atoms with Gasteiger partial charge in [-0.1, -0.05) is 46.9 Å². The minimum Gasteiger partial charge on any atom is -0.367 e. The van der Waals surface area contributed by atoms with Crippen molar-refractivity contribution < 1.29 is 10.2 Å². The first kappa shape index (κ1) is 9.95. The minimum absolute atomic E-state index is 0.246. The lowest BCUT2D eigenvalue weighted by Crippen LogP contribution is -2.12. The molecule has 2 nitrogen and oxygen atoms in total. The van der Waals surface area contributed by atoms with Gasteiger partial charge in [0.2, 0.25) is 0 Å². The molecule has 0 aromatic heterocycles. The van der Waals surface area contributed by atoms with Crippen LogP contribution in [0.2, 0.25) is 0 Å². The van der Waals surface area contributed by atoms with Crippen LogP contribution >= 0.6 is 22.6 Å². The molecule has 3 heteroatoms. The number of hydrogen-bond donors (Lipinski definition) is 2. The molecule has 2 N–H and O–H groups in total. The molecule has 0 aliphatic rings. The minimum atomic E-state index is -1.29. The summed E-state index contributed by atoms with van der Waals surface area (Å²) in [4.78, 5) is 0. The number of aryl methyl sites for hydroxylation is 1. The van der Waals surface area contributed by atoms with E-state index >= 15 is 0 Å². The first-order valence-corrected chi connectivity index (χ1v) is 4.93. The second kappa shape index (κ2) is 4.20. The fourth-order valence-corrected chi connectivity index (χ4v) is 1.76. The summed E-state index contributed by atoms with van der Waals surface area (Å²) < 4.78 is -0.246. The Morgan fingerprint density at radius 1 is 1.25 bits per heavy atom. The number of aliphatic hydroxyl groups excluding tert-OH is 1. The number of halogens is 1. The Morgan fingerprint density at radius 3 is 2.33 bits per heavy atom. The van der Waals surface area contributed by atoms with Crippen LogP contribution in [-0.2, 0) is 0 Å². The van der Waals surface area contributed by atoms with Crippen LogP contribution < -0.4 is 0 Å². The lowest BCUT2D eigenvalue weighted by atomic mass is 10.1. The van der Waals surface area contributed by atoms with E-state index in [-0.39, 0.29) is 3.92 Å². The van der Waals surface area contributed by atoms with E-state index in [1.54, 1.807) is 0 Å². The van der Waals surface area contributed by atoms with Crippen molar-refractivity contribution in [2.75, 3.05) is 0 Å². The van der Waals surface area contributed by atoms with E-state index in [1.807, 2.05) is 53.8 Å². The predicted octanol–water partition coefficient (Wildman–Crippen LogP) is 1.78. The largest absolute Gasteiger partial charge is 0.367 e. The highest BCUT2D eigenvalue weighted by atomic mass is 127. The molecular weight excluding hydrogens is 267 g/mol. The quantitative estimate of drug-likeness (QED) is 0.492. The van der Waals surface area contributed by atoms with E-state index < -0.39 is 6.29 Å². The van der Waals surface area contributed by atoms with Gasteiger partial charge in [0, 0.05) is 0 Å². The summed E-state index contributed by atoms with van der Waals surface area (Å²) in [6.07, 6.45) is -1.29. The van der Waals surface area contributed by atoms with E-state index in [0.29, 0.717) is 0 Å². The van der Waals surface area contributed by atoms with E-state index in [4.69, 9.17) is 10.2 Å². The molecule has 0 saturated heterocycles. The molecule has 12 heavy (non-hydrogen) atoms. The van der Waals surface area contributed by atoms with E-state index in [1.165, 1.54) is 0 Å². The van der Waals surface area contributed by atoms with Gasteiger partial charge in [-0.2, -0.15) is 0 Å². The number of alkyl halides is 1. The number of benzene rings is 1. The van der Waals surface area contributed by atoms with Crippen LogP contribution in [0, 0.1) is 6.92 Å². The van der Waals surface area contributed by atoms with Crippen molar-refractivity contribution in [3.8, 4) is 0 Å². The van der Waals surface area contributed by atoms with Crippen LogP contribution in [0.25, 0.3) is 0 Å². The Hall–Kier alpha value is -0.130. The van der Waals surface area contributed by atoms with Crippen LogP contribution in [0.4, 0.5) is 0 Å². The molecule has 0 aliphatic heterocycles. The van der Waals surface area contributed by atoms with Gasteiger partial charge >= 0.3 is 0 Å². The molecule has 0 saturated carbocycles. The lowest BCUT2D eigenvalue weighted by Gasteiger charge is -2.14. The predicted molar refractivity (Wildman–Crippen MR) is 56.2 cm³/mol. The smallest absolute Gasteiger partial charge is 0.167 e. The fourth-order valence-electron chi connectivity index (χ4n) is 1.06. The monoisotopic (exact) mass is 278 g/mol. The highest BCUT2D eigenvalue weighted by Gasteiger charge is 2.15. The molecule has 1 unspecified atom stereocenters. The number of rotatable bonds is 2. The van der Waals surface area contributed by atoms with Gasteiger partial charge in [0.1, 0.15) is 0 Å². The number of aliphatic hydroxyl groups is 2. The Labute approximate surface area is 85.4 Å². The summed E-state index contributed by atoms with van der Waals surface area (Å²) >= 11 is 2.02. The third-order valence-corrected chi connectivity index (χ3v) is 3.06. The zero-order chi connectivity index (χ0) is 9.14. The second-order valence-corrected chi connectivity index (χ2v) is 4.01. The molecule has 0 spiro atoms. The standard InChI is InChI=1S/C9H11IO2/c1-6-4-2-3-5-7(6)8(10)9(11)12/h2-5,8-9,11-12H,1H3. The Balaban J connectivity index is 2.94. The molecule has 66 valence electrons. The zero-order valence-electron chi connectivity index (χ0n) is 6.74. The molecular formula is C9H11IO2. The second-order valence-electron chi connectivity index (χ2n) is 2.67. The van der Waals surface area contributed by atoms with Gasteiger partial charge in [0.15, 0.2) is 6.29 Å². The molecule has 1 atom stereocenters. The third kappa shape index (κ3) is 2.18. The molecule has 0 bridgehead atoms. The van der Waals surface area contributed by atoms with Crippen LogP contribution in [0.1, 0.15) is 15.1 Å². The summed E-state index contributed by atoms with van der Waals surface area (Å²) in [5.41, 5.74) is 2.07. The summed E-state index contributed by atoms with van der Waals surface area (Å²) in [6.45, 7) is 1.96. The average Bonchev–Trinajstić information content (AvgIpc) is 2.04. The molecule has 1 rings (SSSR count). The molecule has 0 fully saturated rings. The summed E-state index contributed by atoms with van der Waals surface area (Å²) in [7, 11) is 0. The Kier molecular flexibility index (Phi) is 3.49. The maximum atomic E-state index is 8.95. The first-order valence-electron chi connectivity index (χ1n) is 3.68. The van der Waals surface area contributed by atoms with Crippen molar-refractivity contribution in [3.63, 3.8) is 0 Å². The lowest BCUT2D eigenvalue weighted by molar-refractivity contribution is -0.0370. The highest BCUT2D eigenvalue weighted by molar-refractivity contribution is 14.1. The van der Waals surface area contributed by atoms with Gasteiger partial charge in [-0.25, -0.2) is 0 Å². The van der Waals surface area contributed by atoms with E-state index in [0.717, 1.165) is 11.1 Å². The molecule has 0 aliphatic carbocycles. The normalized spacial score (nSPS) is 13.4.